The maximum Gasteiger partial charge on any atom is 0.265 e. The second-order valence-electron chi connectivity index (χ2n) is 6.55. The van der Waals surface area contributed by atoms with Gasteiger partial charge < -0.3 is 15.5 Å². The number of amides is 2. The first-order chi connectivity index (χ1) is 13.5. The Morgan fingerprint density at radius 1 is 0.964 bits per heavy atom. The highest BCUT2D eigenvalue weighted by Crippen LogP contribution is 2.24. The Balaban J connectivity index is 1.71. The van der Waals surface area contributed by atoms with Crippen molar-refractivity contribution in [2.45, 2.75) is 6.42 Å². The number of rotatable bonds is 7. The van der Waals surface area contributed by atoms with E-state index in [1.807, 2.05) is 72.9 Å². The van der Waals surface area contributed by atoms with Crippen LogP contribution in [-0.2, 0) is 6.42 Å². The smallest absolute Gasteiger partial charge is 0.265 e. The monoisotopic (exact) mass is 393 g/mol. The molecule has 6 heteroatoms. The van der Waals surface area contributed by atoms with Gasteiger partial charge in [-0.05, 0) is 41.6 Å². The van der Waals surface area contributed by atoms with Crippen LogP contribution in [0.15, 0.2) is 66.0 Å². The van der Waals surface area contributed by atoms with Crippen molar-refractivity contribution in [2.24, 2.45) is 0 Å². The van der Waals surface area contributed by atoms with Crippen molar-refractivity contribution >= 4 is 34.5 Å². The molecule has 0 unspecified atom stereocenters. The zero-order chi connectivity index (χ0) is 19.9. The molecule has 2 amide bonds. The Hall–Kier alpha value is -3.12. The van der Waals surface area contributed by atoms with Crippen molar-refractivity contribution in [2.75, 3.05) is 30.9 Å². The summed E-state index contributed by atoms with van der Waals surface area (Å²) >= 11 is 1.38. The van der Waals surface area contributed by atoms with E-state index in [0.717, 1.165) is 12.1 Å². The fourth-order valence-corrected chi connectivity index (χ4v) is 3.47. The van der Waals surface area contributed by atoms with Gasteiger partial charge in [-0.1, -0.05) is 36.4 Å². The van der Waals surface area contributed by atoms with Crippen LogP contribution in [0, 0.1) is 0 Å². The minimum absolute atomic E-state index is 0.160. The highest BCUT2D eigenvalue weighted by molar-refractivity contribution is 7.12. The summed E-state index contributed by atoms with van der Waals surface area (Å²) in [5, 5.41) is 7.69. The van der Waals surface area contributed by atoms with Gasteiger partial charge in [0.05, 0.1) is 10.4 Å². The Labute approximate surface area is 169 Å². The summed E-state index contributed by atoms with van der Waals surface area (Å²) in [6.07, 6.45) is 0.763. The lowest BCUT2D eigenvalue weighted by Crippen LogP contribution is -2.28. The van der Waals surface area contributed by atoms with Crippen LogP contribution in [0.3, 0.4) is 0 Å². The number of hydrogen-bond acceptors (Lipinski definition) is 4. The lowest BCUT2D eigenvalue weighted by molar-refractivity contribution is 0.0953. The predicted molar refractivity (Wildman–Crippen MR) is 116 cm³/mol. The van der Waals surface area contributed by atoms with E-state index in [4.69, 9.17) is 0 Å². The summed E-state index contributed by atoms with van der Waals surface area (Å²) in [5.74, 6) is -0.338. The molecule has 0 radical (unpaired) electrons. The van der Waals surface area contributed by atoms with Gasteiger partial charge in [0.15, 0.2) is 0 Å². The maximum atomic E-state index is 12.8. The van der Waals surface area contributed by atoms with E-state index in [0.29, 0.717) is 22.7 Å². The van der Waals surface area contributed by atoms with E-state index < -0.39 is 0 Å². The predicted octanol–water partition coefficient (Wildman–Crippen LogP) is 4.04. The average Bonchev–Trinajstić information content (AvgIpc) is 3.23. The second-order valence-corrected chi connectivity index (χ2v) is 7.50. The van der Waals surface area contributed by atoms with Gasteiger partial charge in [0.1, 0.15) is 0 Å². The Kier molecular flexibility index (Phi) is 6.45. The number of thiophene rings is 1. The van der Waals surface area contributed by atoms with Crippen molar-refractivity contribution in [1.82, 2.24) is 5.32 Å². The molecule has 0 atom stereocenters. The van der Waals surface area contributed by atoms with E-state index >= 15 is 0 Å². The molecular formula is C22H23N3O2S. The van der Waals surface area contributed by atoms with Crippen molar-refractivity contribution in [3.63, 3.8) is 0 Å². The summed E-state index contributed by atoms with van der Waals surface area (Å²) in [6, 6.07) is 19.0. The molecule has 2 N–H and O–H groups in total. The Bertz CT molecular complexity index is 938. The van der Waals surface area contributed by atoms with Gasteiger partial charge in [-0.15, -0.1) is 11.3 Å². The summed E-state index contributed by atoms with van der Waals surface area (Å²) in [7, 11) is 3.78. The summed E-state index contributed by atoms with van der Waals surface area (Å²) < 4.78 is 0. The first kappa shape index (κ1) is 19.6. The standard InChI is InChI=1S/C22H23N3O2S/c1-25(2)19-11-10-17(24-22(27)20-9-6-14-28-20)15-18(19)21(26)23-13-12-16-7-4-3-5-8-16/h3-11,14-15H,12-13H2,1-2H3,(H,23,26)(H,24,27). The van der Waals surface area contributed by atoms with Gasteiger partial charge in [0.25, 0.3) is 11.8 Å². The van der Waals surface area contributed by atoms with Gasteiger partial charge in [0.2, 0.25) is 0 Å². The molecule has 2 aromatic carbocycles. The van der Waals surface area contributed by atoms with Crippen molar-refractivity contribution in [3.8, 4) is 0 Å². The van der Waals surface area contributed by atoms with Gasteiger partial charge in [0, 0.05) is 32.0 Å². The quantitative estimate of drug-likeness (QED) is 0.637. The van der Waals surface area contributed by atoms with Gasteiger partial charge in [-0.3, -0.25) is 9.59 Å². The first-order valence-corrected chi connectivity index (χ1v) is 9.91. The topological polar surface area (TPSA) is 61.4 Å². The zero-order valence-corrected chi connectivity index (χ0v) is 16.8. The molecule has 3 rings (SSSR count). The second kappa shape index (κ2) is 9.19. The fourth-order valence-electron chi connectivity index (χ4n) is 2.85. The molecular weight excluding hydrogens is 370 g/mol. The third-order valence-corrected chi connectivity index (χ3v) is 5.14. The molecule has 0 bridgehead atoms. The van der Waals surface area contributed by atoms with Crippen LogP contribution in [0.2, 0.25) is 0 Å². The molecule has 5 nitrogen and oxygen atoms in total. The highest BCUT2D eigenvalue weighted by atomic mass is 32.1. The van der Waals surface area contributed by atoms with E-state index in [9.17, 15) is 9.59 Å². The molecule has 0 spiro atoms. The first-order valence-electron chi connectivity index (χ1n) is 9.03. The molecule has 1 heterocycles. The zero-order valence-electron chi connectivity index (χ0n) is 15.9. The van der Waals surface area contributed by atoms with Crippen LogP contribution in [0.25, 0.3) is 0 Å². The molecule has 3 aromatic rings. The van der Waals surface area contributed by atoms with Crippen molar-refractivity contribution < 1.29 is 9.59 Å². The van der Waals surface area contributed by atoms with Gasteiger partial charge in [-0.25, -0.2) is 0 Å². The number of carbonyl (C=O) groups is 2. The third kappa shape index (κ3) is 4.98. The Morgan fingerprint density at radius 2 is 1.75 bits per heavy atom. The lowest BCUT2D eigenvalue weighted by atomic mass is 10.1. The largest absolute Gasteiger partial charge is 0.377 e. The normalized spacial score (nSPS) is 10.4. The fraction of sp³-hybridized carbons (Fsp3) is 0.182. The molecule has 0 saturated carbocycles. The number of nitrogens with zero attached hydrogens (tertiary/aromatic N) is 1. The van der Waals surface area contributed by atoms with Gasteiger partial charge >= 0.3 is 0 Å². The Morgan fingerprint density at radius 3 is 2.43 bits per heavy atom. The molecule has 0 aliphatic heterocycles. The van der Waals surface area contributed by atoms with Crippen LogP contribution in [0.5, 0.6) is 0 Å². The lowest BCUT2D eigenvalue weighted by Gasteiger charge is -2.18. The molecule has 144 valence electrons. The molecule has 0 saturated heterocycles. The number of nitrogens with one attached hydrogen (secondary N) is 2. The molecule has 1 aromatic heterocycles. The van der Waals surface area contributed by atoms with Crippen molar-refractivity contribution in [1.29, 1.82) is 0 Å². The number of benzene rings is 2. The third-order valence-electron chi connectivity index (χ3n) is 4.27. The number of anilines is 2. The minimum atomic E-state index is -0.178. The van der Waals surface area contributed by atoms with Crippen molar-refractivity contribution in [3.05, 3.63) is 82.0 Å². The SMILES string of the molecule is CN(C)c1ccc(NC(=O)c2cccs2)cc1C(=O)NCCc1ccccc1. The molecule has 0 aliphatic rings. The molecule has 0 fully saturated rings. The van der Waals surface area contributed by atoms with Crippen LogP contribution in [0.4, 0.5) is 11.4 Å². The summed E-state index contributed by atoms with van der Waals surface area (Å²) in [5.41, 5.74) is 3.10. The molecule has 0 aliphatic carbocycles. The van der Waals surface area contributed by atoms with E-state index in [-0.39, 0.29) is 11.8 Å². The summed E-state index contributed by atoms with van der Waals surface area (Å²) in [4.78, 5) is 27.6. The van der Waals surface area contributed by atoms with E-state index in [1.165, 1.54) is 16.9 Å². The van der Waals surface area contributed by atoms with Crippen LogP contribution >= 0.6 is 11.3 Å². The van der Waals surface area contributed by atoms with E-state index in [2.05, 4.69) is 10.6 Å². The number of carbonyl (C=O) groups excluding carboxylic acids is 2. The van der Waals surface area contributed by atoms with Crippen LogP contribution in [0.1, 0.15) is 25.6 Å². The number of hydrogen-bond donors (Lipinski definition) is 2. The summed E-state index contributed by atoms with van der Waals surface area (Å²) in [6.45, 7) is 0.543. The van der Waals surface area contributed by atoms with Crippen LogP contribution < -0.4 is 15.5 Å². The van der Waals surface area contributed by atoms with E-state index in [1.54, 1.807) is 12.1 Å². The maximum absolute atomic E-state index is 12.8. The molecule has 28 heavy (non-hydrogen) atoms. The van der Waals surface area contributed by atoms with Gasteiger partial charge in [-0.2, -0.15) is 0 Å². The highest BCUT2D eigenvalue weighted by Gasteiger charge is 2.15. The average molecular weight is 394 g/mol. The van der Waals surface area contributed by atoms with Crippen LogP contribution in [-0.4, -0.2) is 32.5 Å². The minimum Gasteiger partial charge on any atom is -0.377 e.